The van der Waals surface area contributed by atoms with Gasteiger partial charge in [-0.05, 0) is 26.5 Å². The summed E-state index contributed by atoms with van der Waals surface area (Å²) in [6.45, 7) is 6.09. The number of nitrogens with zero attached hydrogens (tertiary/aromatic N) is 2. The van der Waals surface area contributed by atoms with E-state index >= 15 is 0 Å². The van der Waals surface area contributed by atoms with Crippen molar-refractivity contribution in [3.63, 3.8) is 0 Å². The molecule has 2 heterocycles. The van der Waals surface area contributed by atoms with Crippen molar-refractivity contribution >= 4 is 40.3 Å². The zero-order valence-electron chi connectivity index (χ0n) is 11.9. The van der Waals surface area contributed by atoms with Crippen LogP contribution in [0, 0.1) is 13.8 Å². The molecule has 0 spiro atoms. The van der Waals surface area contributed by atoms with Crippen molar-refractivity contribution in [1.82, 2.24) is 15.3 Å². The fourth-order valence-corrected chi connectivity index (χ4v) is 3.97. The molecule has 0 saturated heterocycles. The number of carbonyl (C=O) groups excluding carboxylic acids is 1. The van der Waals surface area contributed by atoms with Gasteiger partial charge in [-0.15, -0.1) is 22.7 Å². The number of hydrogen-bond donors (Lipinski definition) is 1. The summed E-state index contributed by atoms with van der Waals surface area (Å²) in [5.74, 6) is -0.126. The minimum Gasteiger partial charge on any atom is -0.341 e. The molecule has 108 valence electrons. The smallest absolute Gasteiger partial charge is 0.271 e. The van der Waals surface area contributed by atoms with E-state index in [1.807, 2.05) is 20.1 Å². The molecule has 0 bridgehead atoms. The van der Waals surface area contributed by atoms with Crippen LogP contribution in [0.5, 0.6) is 0 Å². The summed E-state index contributed by atoms with van der Waals surface area (Å²) in [4.78, 5) is 22.2. The molecule has 0 saturated carbocycles. The molecule has 0 aliphatic carbocycles. The zero-order valence-corrected chi connectivity index (χ0v) is 14.3. The molecule has 2 aromatic heterocycles. The molecule has 4 nitrogen and oxygen atoms in total. The Hall–Kier alpha value is -0.920. The molecular weight excluding hydrogens is 310 g/mol. The van der Waals surface area contributed by atoms with E-state index in [4.69, 9.17) is 0 Å². The zero-order chi connectivity index (χ0) is 14.7. The third-order valence-electron chi connectivity index (χ3n) is 2.95. The molecule has 0 fully saturated rings. The highest BCUT2D eigenvalue weighted by molar-refractivity contribution is 8.00. The van der Waals surface area contributed by atoms with Gasteiger partial charge in [0.15, 0.2) is 0 Å². The van der Waals surface area contributed by atoms with Gasteiger partial charge in [0, 0.05) is 10.3 Å². The van der Waals surface area contributed by atoms with Gasteiger partial charge in [0.25, 0.3) is 5.91 Å². The molecule has 1 atom stereocenters. The van der Waals surface area contributed by atoms with Crippen LogP contribution >= 0.6 is 34.4 Å². The average molecular weight is 328 g/mol. The molecule has 2 aromatic rings. The van der Waals surface area contributed by atoms with E-state index in [1.54, 1.807) is 28.5 Å². The normalized spacial score (nSPS) is 12.4. The predicted octanol–water partition coefficient (Wildman–Crippen LogP) is 3.82. The average Bonchev–Trinajstić information content (AvgIpc) is 3.03. The molecule has 1 amide bonds. The van der Waals surface area contributed by atoms with E-state index in [2.05, 4.69) is 22.2 Å². The van der Waals surface area contributed by atoms with Gasteiger partial charge in [-0.1, -0.05) is 18.7 Å². The molecule has 20 heavy (non-hydrogen) atoms. The first-order valence-electron chi connectivity index (χ1n) is 6.29. The SMILES string of the molecule is CC[C@H](NC(=O)c1csc(SC)n1)c1nc(C)c(C)s1. The monoisotopic (exact) mass is 327 g/mol. The number of nitrogens with one attached hydrogen (secondary N) is 1. The van der Waals surface area contributed by atoms with Crippen LogP contribution in [0.3, 0.4) is 0 Å². The predicted molar refractivity (Wildman–Crippen MR) is 86.0 cm³/mol. The van der Waals surface area contributed by atoms with Crippen LogP contribution in [0.4, 0.5) is 0 Å². The molecule has 7 heteroatoms. The van der Waals surface area contributed by atoms with Crippen LogP contribution in [0.2, 0.25) is 0 Å². The number of aromatic nitrogens is 2. The van der Waals surface area contributed by atoms with Crippen LogP contribution in [0.25, 0.3) is 0 Å². The van der Waals surface area contributed by atoms with Crippen LogP contribution in [-0.2, 0) is 0 Å². The first-order valence-corrected chi connectivity index (χ1v) is 9.21. The first kappa shape index (κ1) is 15.5. The lowest BCUT2D eigenvalue weighted by Crippen LogP contribution is -2.28. The van der Waals surface area contributed by atoms with Gasteiger partial charge < -0.3 is 5.32 Å². The van der Waals surface area contributed by atoms with Crippen LogP contribution < -0.4 is 5.32 Å². The molecule has 0 aliphatic rings. The van der Waals surface area contributed by atoms with Crippen molar-refractivity contribution in [1.29, 1.82) is 0 Å². The van der Waals surface area contributed by atoms with E-state index in [0.717, 1.165) is 21.5 Å². The Kier molecular flexibility index (Phi) is 5.17. The maximum Gasteiger partial charge on any atom is 0.271 e. The maximum absolute atomic E-state index is 12.2. The lowest BCUT2D eigenvalue weighted by molar-refractivity contribution is 0.0930. The summed E-state index contributed by atoms with van der Waals surface area (Å²) >= 11 is 4.69. The van der Waals surface area contributed by atoms with E-state index in [1.165, 1.54) is 16.2 Å². The Morgan fingerprint density at radius 3 is 2.70 bits per heavy atom. The molecule has 1 N–H and O–H groups in total. The molecule has 0 radical (unpaired) electrons. The quantitative estimate of drug-likeness (QED) is 0.848. The minimum atomic E-state index is -0.126. The Morgan fingerprint density at radius 2 is 2.20 bits per heavy atom. The summed E-state index contributed by atoms with van der Waals surface area (Å²) in [7, 11) is 0. The Bertz CT molecular complexity index is 586. The number of carbonyl (C=O) groups is 1. The number of thiazole rings is 2. The van der Waals surface area contributed by atoms with Gasteiger partial charge in [-0.25, -0.2) is 9.97 Å². The number of aryl methyl sites for hydroxylation is 2. The van der Waals surface area contributed by atoms with Gasteiger partial charge in [0.1, 0.15) is 15.0 Å². The fourth-order valence-electron chi connectivity index (χ4n) is 1.67. The summed E-state index contributed by atoms with van der Waals surface area (Å²) in [5.41, 5.74) is 1.53. The second kappa shape index (κ2) is 6.69. The maximum atomic E-state index is 12.2. The van der Waals surface area contributed by atoms with Crippen molar-refractivity contribution in [3.05, 3.63) is 26.7 Å². The number of amides is 1. The van der Waals surface area contributed by atoms with E-state index in [0.29, 0.717) is 5.69 Å². The molecule has 0 aromatic carbocycles. The number of hydrogen-bond acceptors (Lipinski definition) is 6. The van der Waals surface area contributed by atoms with Gasteiger partial charge >= 0.3 is 0 Å². The molecule has 2 rings (SSSR count). The Balaban J connectivity index is 2.11. The topological polar surface area (TPSA) is 54.9 Å². The fraction of sp³-hybridized carbons (Fsp3) is 0.462. The lowest BCUT2D eigenvalue weighted by atomic mass is 10.2. The van der Waals surface area contributed by atoms with E-state index < -0.39 is 0 Å². The van der Waals surface area contributed by atoms with Crippen molar-refractivity contribution < 1.29 is 4.79 Å². The number of rotatable bonds is 5. The highest BCUT2D eigenvalue weighted by atomic mass is 32.2. The first-order chi connectivity index (χ1) is 9.55. The van der Waals surface area contributed by atoms with E-state index in [-0.39, 0.29) is 11.9 Å². The van der Waals surface area contributed by atoms with Crippen molar-refractivity contribution in [2.45, 2.75) is 37.6 Å². The number of thioether (sulfide) groups is 1. The minimum absolute atomic E-state index is 0.0423. The van der Waals surface area contributed by atoms with Crippen LogP contribution in [-0.4, -0.2) is 22.1 Å². The van der Waals surface area contributed by atoms with Gasteiger partial charge in [0.2, 0.25) is 0 Å². The third-order valence-corrected chi connectivity index (χ3v) is 6.00. The van der Waals surface area contributed by atoms with Crippen molar-refractivity contribution in [3.8, 4) is 0 Å². The Morgan fingerprint density at radius 1 is 1.45 bits per heavy atom. The van der Waals surface area contributed by atoms with E-state index in [9.17, 15) is 4.79 Å². The third kappa shape index (κ3) is 3.39. The second-order valence-electron chi connectivity index (χ2n) is 4.33. The second-order valence-corrected chi connectivity index (χ2v) is 7.48. The highest BCUT2D eigenvalue weighted by Gasteiger charge is 2.19. The summed E-state index contributed by atoms with van der Waals surface area (Å²) in [5, 5.41) is 5.79. The van der Waals surface area contributed by atoms with Crippen molar-refractivity contribution in [2.75, 3.05) is 6.26 Å². The van der Waals surface area contributed by atoms with Crippen LogP contribution in [0.1, 0.15) is 45.5 Å². The summed E-state index contributed by atoms with van der Waals surface area (Å²) in [6.07, 6.45) is 2.77. The highest BCUT2D eigenvalue weighted by Crippen LogP contribution is 2.26. The lowest BCUT2D eigenvalue weighted by Gasteiger charge is -2.13. The van der Waals surface area contributed by atoms with Gasteiger partial charge in [-0.2, -0.15) is 0 Å². The standard InChI is InChI=1S/C13H17N3OS3/c1-5-9(12-14-7(2)8(3)20-12)15-11(17)10-6-19-13(16-10)18-4/h6,9H,5H2,1-4H3,(H,15,17)/t9-/m0/s1. The van der Waals surface area contributed by atoms with Gasteiger partial charge in [-0.3, -0.25) is 4.79 Å². The molecule has 0 unspecified atom stereocenters. The summed E-state index contributed by atoms with van der Waals surface area (Å²) < 4.78 is 0.907. The Labute approximate surface area is 131 Å². The molecular formula is C13H17N3OS3. The van der Waals surface area contributed by atoms with Crippen molar-refractivity contribution in [2.24, 2.45) is 0 Å². The molecule has 0 aliphatic heterocycles. The largest absolute Gasteiger partial charge is 0.341 e. The van der Waals surface area contributed by atoms with Gasteiger partial charge in [0.05, 0.1) is 11.7 Å². The summed E-state index contributed by atoms with van der Waals surface area (Å²) in [6, 6.07) is -0.0423. The van der Waals surface area contributed by atoms with Crippen LogP contribution in [0.15, 0.2) is 9.72 Å².